The molecule has 0 saturated heterocycles. The van der Waals surface area contributed by atoms with Crippen LogP contribution in [0.2, 0.25) is 0 Å². The molecule has 4 heteroatoms. The number of rotatable bonds is 7. The molecule has 1 aromatic rings. The van der Waals surface area contributed by atoms with Crippen LogP contribution in [-0.2, 0) is 4.79 Å². The number of hydrogen-bond donors (Lipinski definition) is 1. The highest BCUT2D eigenvalue weighted by Gasteiger charge is 2.29. The molecule has 0 radical (unpaired) electrons. The van der Waals surface area contributed by atoms with Gasteiger partial charge in [0.1, 0.15) is 12.4 Å². The average Bonchev–Trinajstić information content (AvgIpc) is 3.27. The van der Waals surface area contributed by atoms with Crippen LogP contribution in [0.4, 0.5) is 0 Å². The lowest BCUT2D eigenvalue weighted by molar-refractivity contribution is -0.122. The van der Waals surface area contributed by atoms with Crippen molar-refractivity contribution in [3.8, 4) is 5.75 Å². The van der Waals surface area contributed by atoms with Crippen LogP contribution in [0.1, 0.15) is 23.2 Å². The molecule has 1 fully saturated rings. The predicted molar refractivity (Wildman–Crippen MR) is 72.2 cm³/mol. The summed E-state index contributed by atoms with van der Waals surface area (Å²) in [6.45, 7) is 4.09. The first kappa shape index (κ1) is 13.3. The Morgan fingerprint density at radius 1 is 1.32 bits per heavy atom. The molecule has 19 heavy (non-hydrogen) atoms. The van der Waals surface area contributed by atoms with E-state index in [2.05, 4.69) is 11.9 Å². The molecular formula is C15H17NO3. The van der Waals surface area contributed by atoms with Gasteiger partial charge < -0.3 is 10.1 Å². The van der Waals surface area contributed by atoms with E-state index in [1.165, 1.54) is 0 Å². The minimum atomic E-state index is -0.152. The molecule has 0 unspecified atom stereocenters. The van der Waals surface area contributed by atoms with Gasteiger partial charge in [0.25, 0.3) is 5.91 Å². The molecular weight excluding hydrogens is 242 g/mol. The number of benzene rings is 1. The van der Waals surface area contributed by atoms with Crippen LogP contribution in [0.15, 0.2) is 36.9 Å². The minimum absolute atomic E-state index is 0.118. The maximum atomic E-state index is 11.6. The van der Waals surface area contributed by atoms with Crippen molar-refractivity contribution in [1.29, 1.82) is 0 Å². The first-order valence-electron chi connectivity index (χ1n) is 6.35. The summed E-state index contributed by atoms with van der Waals surface area (Å²) >= 11 is 0. The second kappa shape index (κ2) is 6.18. The van der Waals surface area contributed by atoms with E-state index in [0.717, 1.165) is 12.8 Å². The third-order valence-corrected chi connectivity index (χ3v) is 2.94. The summed E-state index contributed by atoms with van der Waals surface area (Å²) in [5.74, 6) is 0.825. The third-order valence-electron chi connectivity index (χ3n) is 2.94. The number of hydrogen-bond acceptors (Lipinski definition) is 3. The van der Waals surface area contributed by atoms with Crippen LogP contribution in [0.5, 0.6) is 5.75 Å². The predicted octanol–water partition coefficient (Wildman–Crippen LogP) is 1.96. The number of ketones is 1. The van der Waals surface area contributed by atoms with Crippen molar-refractivity contribution >= 4 is 11.7 Å². The zero-order chi connectivity index (χ0) is 13.7. The van der Waals surface area contributed by atoms with Crippen LogP contribution in [0.3, 0.4) is 0 Å². The maximum Gasteiger partial charge on any atom is 0.251 e. The molecule has 1 amide bonds. The molecule has 1 aliphatic carbocycles. The molecule has 0 aromatic heterocycles. The Balaban J connectivity index is 1.84. The first-order valence-corrected chi connectivity index (χ1v) is 6.35. The number of nitrogens with one attached hydrogen (secondary N) is 1. The standard InChI is InChI=1S/C15H17NO3/c1-2-9-16-15(18)12-5-7-13(8-6-12)19-10-14(17)11-3-4-11/h2,5-8,11H,1,3-4,9-10H2,(H,16,18). The molecule has 2 rings (SSSR count). The zero-order valence-electron chi connectivity index (χ0n) is 10.7. The Kier molecular flexibility index (Phi) is 4.34. The van der Waals surface area contributed by atoms with Crippen molar-refractivity contribution in [2.75, 3.05) is 13.2 Å². The molecule has 1 N–H and O–H groups in total. The van der Waals surface area contributed by atoms with Gasteiger partial charge in [0.05, 0.1) is 0 Å². The summed E-state index contributed by atoms with van der Waals surface area (Å²) in [6.07, 6.45) is 3.61. The highest BCUT2D eigenvalue weighted by molar-refractivity contribution is 5.94. The van der Waals surface area contributed by atoms with E-state index in [9.17, 15) is 9.59 Å². The van der Waals surface area contributed by atoms with Crippen LogP contribution in [0, 0.1) is 5.92 Å². The first-order chi connectivity index (χ1) is 9.20. The van der Waals surface area contributed by atoms with Crippen molar-refractivity contribution in [1.82, 2.24) is 5.32 Å². The Labute approximate surface area is 112 Å². The van der Waals surface area contributed by atoms with E-state index in [1.54, 1.807) is 30.3 Å². The molecule has 0 bridgehead atoms. The lowest BCUT2D eigenvalue weighted by Gasteiger charge is -2.06. The molecule has 0 heterocycles. The SMILES string of the molecule is C=CCNC(=O)c1ccc(OCC(=O)C2CC2)cc1. The summed E-state index contributed by atoms with van der Waals surface area (Å²) in [5.41, 5.74) is 0.558. The van der Waals surface area contributed by atoms with Gasteiger partial charge in [-0.1, -0.05) is 6.08 Å². The van der Waals surface area contributed by atoms with Gasteiger partial charge in [-0.3, -0.25) is 9.59 Å². The summed E-state index contributed by atoms with van der Waals surface area (Å²) in [4.78, 5) is 23.1. The van der Waals surface area contributed by atoms with Gasteiger partial charge in [0, 0.05) is 18.0 Å². The van der Waals surface area contributed by atoms with Gasteiger partial charge in [-0.05, 0) is 37.1 Å². The Bertz CT molecular complexity index is 475. The average molecular weight is 259 g/mol. The Morgan fingerprint density at radius 2 is 2.00 bits per heavy atom. The zero-order valence-corrected chi connectivity index (χ0v) is 10.7. The fraction of sp³-hybridized carbons (Fsp3) is 0.333. The molecule has 4 nitrogen and oxygen atoms in total. The lowest BCUT2D eigenvalue weighted by Crippen LogP contribution is -2.23. The Hall–Kier alpha value is -2.10. The van der Waals surface area contributed by atoms with Crippen molar-refractivity contribution in [3.05, 3.63) is 42.5 Å². The number of Topliss-reactive ketones (excluding diaryl/α,β-unsaturated/α-hetero) is 1. The van der Waals surface area contributed by atoms with E-state index in [-0.39, 0.29) is 24.2 Å². The smallest absolute Gasteiger partial charge is 0.251 e. The Morgan fingerprint density at radius 3 is 2.58 bits per heavy atom. The second-order valence-electron chi connectivity index (χ2n) is 4.55. The molecule has 100 valence electrons. The van der Waals surface area contributed by atoms with Gasteiger partial charge >= 0.3 is 0 Å². The molecule has 1 aliphatic rings. The fourth-order valence-corrected chi connectivity index (χ4v) is 1.65. The van der Waals surface area contributed by atoms with Crippen LogP contribution in [0.25, 0.3) is 0 Å². The molecule has 1 saturated carbocycles. The summed E-state index contributed by atoms with van der Waals surface area (Å²) in [7, 11) is 0. The quantitative estimate of drug-likeness (QED) is 0.761. The van der Waals surface area contributed by atoms with E-state index in [1.807, 2.05) is 0 Å². The van der Waals surface area contributed by atoms with Crippen LogP contribution >= 0.6 is 0 Å². The summed E-state index contributed by atoms with van der Waals surface area (Å²) < 4.78 is 5.39. The topological polar surface area (TPSA) is 55.4 Å². The van der Waals surface area contributed by atoms with Gasteiger partial charge in [0.15, 0.2) is 5.78 Å². The van der Waals surface area contributed by atoms with Gasteiger partial charge in [-0.2, -0.15) is 0 Å². The van der Waals surface area contributed by atoms with Crippen molar-refractivity contribution in [2.45, 2.75) is 12.8 Å². The number of carbonyl (C=O) groups excluding carboxylic acids is 2. The monoisotopic (exact) mass is 259 g/mol. The number of carbonyl (C=O) groups is 2. The van der Waals surface area contributed by atoms with Gasteiger partial charge in [0.2, 0.25) is 0 Å². The summed E-state index contributed by atoms with van der Waals surface area (Å²) in [5, 5.41) is 2.69. The minimum Gasteiger partial charge on any atom is -0.486 e. The molecule has 0 spiro atoms. The van der Waals surface area contributed by atoms with E-state index >= 15 is 0 Å². The van der Waals surface area contributed by atoms with Crippen molar-refractivity contribution in [3.63, 3.8) is 0 Å². The fourth-order valence-electron chi connectivity index (χ4n) is 1.65. The number of ether oxygens (including phenoxy) is 1. The molecule has 1 aromatic carbocycles. The largest absolute Gasteiger partial charge is 0.486 e. The third kappa shape index (κ3) is 3.95. The highest BCUT2D eigenvalue weighted by Crippen LogP contribution is 2.29. The van der Waals surface area contributed by atoms with Crippen molar-refractivity contribution < 1.29 is 14.3 Å². The molecule has 0 aliphatic heterocycles. The van der Waals surface area contributed by atoms with Crippen molar-refractivity contribution in [2.24, 2.45) is 5.92 Å². The number of amides is 1. The van der Waals surface area contributed by atoms with Crippen LogP contribution < -0.4 is 10.1 Å². The maximum absolute atomic E-state index is 11.6. The van der Waals surface area contributed by atoms with Crippen LogP contribution in [-0.4, -0.2) is 24.8 Å². The second-order valence-corrected chi connectivity index (χ2v) is 4.55. The lowest BCUT2D eigenvalue weighted by atomic mass is 10.2. The normalized spacial score (nSPS) is 13.7. The van der Waals surface area contributed by atoms with Gasteiger partial charge in [-0.25, -0.2) is 0 Å². The van der Waals surface area contributed by atoms with E-state index in [4.69, 9.17) is 4.74 Å². The van der Waals surface area contributed by atoms with E-state index < -0.39 is 0 Å². The van der Waals surface area contributed by atoms with E-state index in [0.29, 0.717) is 17.9 Å². The summed E-state index contributed by atoms with van der Waals surface area (Å²) in [6, 6.07) is 6.75. The highest BCUT2D eigenvalue weighted by atomic mass is 16.5. The van der Waals surface area contributed by atoms with Gasteiger partial charge in [-0.15, -0.1) is 6.58 Å². The molecule has 0 atom stereocenters.